The summed E-state index contributed by atoms with van der Waals surface area (Å²) in [4.78, 5) is 12.2. The average molecular weight is 296 g/mol. The van der Waals surface area contributed by atoms with Crippen molar-refractivity contribution in [2.75, 3.05) is 7.11 Å². The highest BCUT2D eigenvalue weighted by molar-refractivity contribution is 5.89. The lowest BCUT2D eigenvalue weighted by Gasteiger charge is -2.26. The predicted molar refractivity (Wildman–Crippen MR) is 86.1 cm³/mol. The lowest BCUT2D eigenvalue weighted by molar-refractivity contribution is -0.147. The highest BCUT2D eigenvalue weighted by Gasteiger charge is 2.28. The second-order valence-corrected chi connectivity index (χ2v) is 6.00. The number of cyclic esters (lactones) is 1. The molecule has 0 spiro atoms. The van der Waals surface area contributed by atoms with Gasteiger partial charge in [0.1, 0.15) is 11.9 Å². The van der Waals surface area contributed by atoms with Gasteiger partial charge in [-0.2, -0.15) is 0 Å². The van der Waals surface area contributed by atoms with Crippen LogP contribution in [-0.4, -0.2) is 19.2 Å². The fraction of sp³-hybridized carbons (Fsp3) is 0.833. The molecule has 0 aromatic heterocycles. The molecule has 1 heterocycles. The first-order valence-corrected chi connectivity index (χ1v) is 8.69. The smallest absolute Gasteiger partial charge is 0.337 e. The lowest BCUT2D eigenvalue weighted by atomic mass is 9.98. The van der Waals surface area contributed by atoms with Gasteiger partial charge in [0.2, 0.25) is 0 Å². The Bertz CT molecular complexity index is 333. The van der Waals surface area contributed by atoms with Gasteiger partial charge in [-0.15, -0.1) is 0 Å². The van der Waals surface area contributed by atoms with Gasteiger partial charge in [-0.1, -0.05) is 52.4 Å². The Morgan fingerprint density at radius 3 is 2.33 bits per heavy atom. The molecule has 0 saturated carbocycles. The summed E-state index contributed by atoms with van der Waals surface area (Å²) in [7, 11) is 1.67. The van der Waals surface area contributed by atoms with Crippen LogP contribution in [-0.2, 0) is 14.3 Å². The molecule has 0 amide bonds. The number of hydrogen-bond acceptors (Lipinski definition) is 3. The second kappa shape index (κ2) is 10.7. The van der Waals surface area contributed by atoms with Crippen LogP contribution >= 0.6 is 0 Å². The maximum Gasteiger partial charge on any atom is 0.337 e. The van der Waals surface area contributed by atoms with E-state index < -0.39 is 0 Å². The van der Waals surface area contributed by atoms with Gasteiger partial charge in [0.05, 0.1) is 12.7 Å². The van der Waals surface area contributed by atoms with Crippen molar-refractivity contribution >= 4 is 5.97 Å². The molecule has 3 heteroatoms. The van der Waals surface area contributed by atoms with Crippen LogP contribution in [0.15, 0.2) is 11.3 Å². The molecule has 1 atom stereocenters. The number of unbranched alkanes of at least 4 members (excludes halogenated alkanes) is 6. The van der Waals surface area contributed by atoms with Gasteiger partial charge in [0, 0.05) is 6.42 Å². The Kier molecular flexibility index (Phi) is 9.20. The van der Waals surface area contributed by atoms with E-state index in [1.807, 2.05) is 0 Å². The molecule has 1 aliphatic rings. The Labute approximate surface area is 130 Å². The molecule has 3 nitrogen and oxygen atoms in total. The van der Waals surface area contributed by atoms with Gasteiger partial charge < -0.3 is 9.47 Å². The van der Waals surface area contributed by atoms with Crippen LogP contribution in [0.5, 0.6) is 0 Å². The van der Waals surface area contributed by atoms with Crippen LogP contribution in [0.3, 0.4) is 0 Å². The third-order valence-electron chi connectivity index (χ3n) is 4.18. The van der Waals surface area contributed by atoms with E-state index in [2.05, 4.69) is 13.8 Å². The summed E-state index contributed by atoms with van der Waals surface area (Å²) in [6, 6.07) is 0. The quantitative estimate of drug-likeness (QED) is 0.391. The molecule has 0 bridgehead atoms. The first-order valence-electron chi connectivity index (χ1n) is 8.69. The largest absolute Gasteiger partial charge is 0.500 e. The van der Waals surface area contributed by atoms with Crippen molar-refractivity contribution in [3.05, 3.63) is 11.3 Å². The van der Waals surface area contributed by atoms with Crippen molar-refractivity contribution in [1.82, 2.24) is 0 Å². The highest BCUT2D eigenvalue weighted by Crippen LogP contribution is 2.28. The van der Waals surface area contributed by atoms with E-state index in [1.54, 1.807) is 7.11 Å². The Morgan fingerprint density at radius 1 is 1.05 bits per heavy atom. The summed E-state index contributed by atoms with van der Waals surface area (Å²) in [6.45, 7) is 4.40. The van der Waals surface area contributed by atoms with Crippen LogP contribution in [0.1, 0.15) is 84.5 Å². The third-order valence-corrected chi connectivity index (χ3v) is 4.18. The number of carbonyl (C=O) groups is 1. The number of methoxy groups -OCH3 is 1. The van der Waals surface area contributed by atoms with Gasteiger partial charge in [-0.3, -0.25) is 0 Å². The summed E-state index contributed by atoms with van der Waals surface area (Å²) in [5, 5.41) is 0. The number of rotatable bonds is 11. The van der Waals surface area contributed by atoms with Crippen molar-refractivity contribution in [2.45, 2.75) is 90.6 Å². The fourth-order valence-corrected chi connectivity index (χ4v) is 2.84. The van der Waals surface area contributed by atoms with Gasteiger partial charge >= 0.3 is 5.97 Å². The number of ether oxygens (including phenoxy) is 2. The fourth-order valence-electron chi connectivity index (χ4n) is 2.84. The molecule has 21 heavy (non-hydrogen) atoms. The van der Waals surface area contributed by atoms with Crippen LogP contribution in [0.25, 0.3) is 0 Å². The van der Waals surface area contributed by atoms with E-state index in [9.17, 15) is 4.79 Å². The lowest BCUT2D eigenvalue weighted by Crippen LogP contribution is -2.27. The molecule has 0 aromatic carbocycles. The van der Waals surface area contributed by atoms with Crippen molar-refractivity contribution in [3.63, 3.8) is 0 Å². The van der Waals surface area contributed by atoms with E-state index in [-0.39, 0.29) is 12.1 Å². The summed E-state index contributed by atoms with van der Waals surface area (Å²) in [6.07, 6.45) is 12.0. The Hall–Kier alpha value is -0.990. The summed E-state index contributed by atoms with van der Waals surface area (Å²) < 4.78 is 11.1. The maximum atomic E-state index is 12.2. The molecule has 1 unspecified atom stereocenters. The minimum Gasteiger partial charge on any atom is -0.500 e. The molecule has 0 fully saturated rings. The van der Waals surface area contributed by atoms with Gasteiger partial charge in [0.15, 0.2) is 0 Å². The topological polar surface area (TPSA) is 35.5 Å². The molecule has 0 radical (unpaired) electrons. The van der Waals surface area contributed by atoms with E-state index >= 15 is 0 Å². The van der Waals surface area contributed by atoms with E-state index in [0.29, 0.717) is 0 Å². The Morgan fingerprint density at radius 2 is 1.71 bits per heavy atom. The van der Waals surface area contributed by atoms with Gasteiger partial charge in [-0.05, 0) is 25.7 Å². The first-order chi connectivity index (χ1) is 10.2. The maximum absolute atomic E-state index is 12.2. The summed E-state index contributed by atoms with van der Waals surface area (Å²) in [5.41, 5.74) is 0.776. The zero-order chi connectivity index (χ0) is 15.5. The van der Waals surface area contributed by atoms with Crippen molar-refractivity contribution in [3.8, 4) is 0 Å². The summed E-state index contributed by atoms with van der Waals surface area (Å²) >= 11 is 0. The number of hydrogen-bond donors (Lipinski definition) is 0. The zero-order valence-corrected chi connectivity index (χ0v) is 14.1. The molecule has 1 aliphatic heterocycles. The van der Waals surface area contributed by atoms with Crippen LogP contribution in [0, 0.1) is 0 Å². The molecule has 0 aliphatic carbocycles. The molecular weight excluding hydrogens is 264 g/mol. The molecule has 0 aromatic rings. The van der Waals surface area contributed by atoms with Crippen molar-refractivity contribution in [1.29, 1.82) is 0 Å². The van der Waals surface area contributed by atoms with Crippen molar-refractivity contribution < 1.29 is 14.3 Å². The van der Waals surface area contributed by atoms with Crippen LogP contribution in [0.4, 0.5) is 0 Å². The van der Waals surface area contributed by atoms with Crippen LogP contribution in [0.2, 0.25) is 0 Å². The normalized spacial score (nSPS) is 18.8. The minimum atomic E-state index is -0.143. The van der Waals surface area contributed by atoms with Gasteiger partial charge in [0.25, 0.3) is 0 Å². The second-order valence-electron chi connectivity index (χ2n) is 6.00. The molecule has 0 N–H and O–H groups in total. The highest BCUT2D eigenvalue weighted by atomic mass is 16.6. The molecule has 0 saturated heterocycles. The zero-order valence-electron chi connectivity index (χ0n) is 14.1. The first kappa shape index (κ1) is 18.1. The molecule has 122 valence electrons. The number of carbonyl (C=O) groups excluding carboxylic acids is 1. The monoisotopic (exact) mass is 296 g/mol. The standard InChI is InChI=1S/C18H32O3/c1-4-6-8-10-12-15-14-17(20-3)16(18(19)21-15)13-11-9-7-5-2/h15H,4-14H2,1-3H3. The minimum absolute atomic E-state index is 0.0173. The van der Waals surface area contributed by atoms with E-state index in [4.69, 9.17) is 9.47 Å². The summed E-state index contributed by atoms with van der Waals surface area (Å²) in [5.74, 6) is 0.721. The number of esters is 1. The van der Waals surface area contributed by atoms with E-state index in [1.165, 1.54) is 38.5 Å². The Balaban J connectivity index is 2.46. The van der Waals surface area contributed by atoms with Crippen molar-refractivity contribution in [2.24, 2.45) is 0 Å². The van der Waals surface area contributed by atoms with Gasteiger partial charge in [-0.25, -0.2) is 4.79 Å². The SMILES string of the molecule is CCCCCCC1=C(OC)CC(CCCCCC)OC1=O. The predicted octanol–water partition coefficient (Wildman–Crippen LogP) is 5.14. The molecule has 1 rings (SSSR count). The van der Waals surface area contributed by atoms with Crippen LogP contribution < -0.4 is 0 Å². The average Bonchev–Trinajstić information content (AvgIpc) is 2.49. The third kappa shape index (κ3) is 6.54. The van der Waals surface area contributed by atoms with E-state index in [0.717, 1.165) is 43.4 Å². The molecular formula is C18H32O3.